The first kappa shape index (κ1) is 23.2. The van der Waals surface area contributed by atoms with Crippen LogP contribution in [0, 0.1) is 0 Å². The van der Waals surface area contributed by atoms with Crippen LogP contribution in [0.4, 0.5) is 0 Å². The van der Waals surface area contributed by atoms with E-state index in [0.717, 1.165) is 38.5 Å². The molecule has 200 valence electrons. The van der Waals surface area contributed by atoms with Crippen LogP contribution in [0.2, 0.25) is 0 Å². The van der Waals surface area contributed by atoms with Crippen LogP contribution in [0.1, 0.15) is 0 Å². The summed E-state index contributed by atoms with van der Waals surface area (Å²) in [4.78, 5) is 0. The molecule has 43 heavy (non-hydrogen) atoms. The quantitative estimate of drug-likeness (QED) is 0.195. The van der Waals surface area contributed by atoms with Gasteiger partial charge in [-0.25, -0.2) is 0 Å². The minimum absolute atomic E-state index is 0.862. The zero-order valence-electron chi connectivity index (χ0n) is 22.9. The molecule has 0 spiro atoms. The molecule has 0 unspecified atom stereocenters. The van der Waals surface area contributed by atoms with Gasteiger partial charge in [0.05, 0.1) is 6.26 Å². The molecule has 0 amide bonds. The molecule has 3 heterocycles. The minimum atomic E-state index is 0.862. The number of hydrogen-bond acceptors (Lipinski definition) is 3. The first-order chi connectivity index (χ1) is 21.3. The summed E-state index contributed by atoms with van der Waals surface area (Å²) in [5, 5.41) is 10.8. The Kier molecular flexibility index (Phi) is 4.63. The maximum Gasteiger partial charge on any atom is 0.136 e. The first-order valence-corrected chi connectivity index (χ1v) is 15.3. The molecule has 10 rings (SSSR count). The van der Waals surface area contributed by atoms with Gasteiger partial charge >= 0.3 is 0 Å². The molecule has 7 aromatic carbocycles. The van der Waals surface area contributed by atoms with E-state index < -0.39 is 0 Å². The average molecular weight is 567 g/mol. The van der Waals surface area contributed by atoms with Crippen LogP contribution in [-0.4, -0.2) is 0 Å². The minimum Gasteiger partial charge on any atom is -0.464 e. The SMILES string of the molecule is c1ccc2c(c1)oc1cc3c(-c4c5ccccc5c(-c5cccc6sc7ccccc7c56)c5ccccc45)coc3cc12. The molecule has 0 radical (unpaired) electrons. The molecule has 0 aliphatic carbocycles. The summed E-state index contributed by atoms with van der Waals surface area (Å²) in [5.41, 5.74) is 7.44. The molecule has 2 nitrogen and oxygen atoms in total. The molecule has 10 aromatic rings. The molecule has 3 heteroatoms. The van der Waals surface area contributed by atoms with Crippen LogP contribution >= 0.6 is 11.3 Å². The largest absolute Gasteiger partial charge is 0.464 e. The smallest absolute Gasteiger partial charge is 0.136 e. The Balaban J connectivity index is 1.34. The number of thiophene rings is 1. The highest BCUT2D eigenvalue weighted by atomic mass is 32.1. The van der Waals surface area contributed by atoms with Gasteiger partial charge in [-0.3, -0.25) is 0 Å². The van der Waals surface area contributed by atoms with Crippen LogP contribution < -0.4 is 0 Å². The Morgan fingerprint density at radius 1 is 0.395 bits per heavy atom. The third kappa shape index (κ3) is 3.17. The van der Waals surface area contributed by atoms with Crippen molar-refractivity contribution in [1.29, 1.82) is 0 Å². The van der Waals surface area contributed by atoms with Crippen molar-refractivity contribution in [3.05, 3.63) is 134 Å². The summed E-state index contributed by atoms with van der Waals surface area (Å²) in [6.45, 7) is 0. The third-order valence-electron chi connectivity index (χ3n) is 8.95. The number of hydrogen-bond donors (Lipinski definition) is 0. The number of fused-ring (bicyclic) bond motifs is 9. The average Bonchev–Trinajstić information content (AvgIpc) is 3.75. The summed E-state index contributed by atoms with van der Waals surface area (Å²) < 4.78 is 15.2. The molecule has 0 atom stereocenters. The van der Waals surface area contributed by atoms with Crippen LogP contribution in [0.25, 0.3) is 96.9 Å². The van der Waals surface area contributed by atoms with Crippen molar-refractivity contribution in [2.75, 3.05) is 0 Å². The fourth-order valence-electron chi connectivity index (χ4n) is 7.13. The monoisotopic (exact) mass is 566 g/mol. The van der Waals surface area contributed by atoms with Crippen molar-refractivity contribution < 1.29 is 8.83 Å². The summed E-state index contributed by atoms with van der Waals surface area (Å²) in [6.07, 6.45) is 1.92. The Morgan fingerprint density at radius 2 is 0.977 bits per heavy atom. The van der Waals surface area contributed by atoms with E-state index in [1.54, 1.807) is 0 Å². The van der Waals surface area contributed by atoms with E-state index in [-0.39, 0.29) is 0 Å². The van der Waals surface area contributed by atoms with E-state index in [1.807, 2.05) is 35.8 Å². The van der Waals surface area contributed by atoms with Crippen molar-refractivity contribution in [3.63, 3.8) is 0 Å². The first-order valence-electron chi connectivity index (χ1n) is 14.5. The topological polar surface area (TPSA) is 26.3 Å². The highest BCUT2D eigenvalue weighted by Crippen LogP contribution is 2.49. The highest BCUT2D eigenvalue weighted by Gasteiger charge is 2.22. The van der Waals surface area contributed by atoms with Crippen molar-refractivity contribution in [2.45, 2.75) is 0 Å². The van der Waals surface area contributed by atoms with Crippen molar-refractivity contribution in [1.82, 2.24) is 0 Å². The van der Waals surface area contributed by atoms with E-state index >= 15 is 0 Å². The summed E-state index contributed by atoms with van der Waals surface area (Å²) in [5.74, 6) is 0. The molecule has 0 aliphatic rings. The zero-order valence-corrected chi connectivity index (χ0v) is 23.7. The van der Waals surface area contributed by atoms with Gasteiger partial charge in [0, 0.05) is 47.5 Å². The molecule has 0 fully saturated rings. The lowest BCUT2D eigenvalue weighted by Gasteiger charge is -2.18. The lowest BCUT2D eigenvalue weighted by molar-refractivity contribution is 0.617. The number of benzene rings is 7. The van der Waals surface area contributed by atoms with Gasteiger partial charge in [0.25, 0.3) is 0 Å². The molecular weight excluding hydrogens is 545 g/mol. The Morgan fingerprint density at radius 3 is 1.72 bits per heavy atom. The molecule has 0 saturated heterocycles. The van der Waals surface area contributed by atoms with Crippen molar-refractivity contribution >= 4 is 86.0 Å². The summed E-state index contributed by atoms with van der Waals surface area (Å²) in [6, 6.07) is 45.6. The second-order valence-electron chi connectivity index (χ2n) is 11.2. The van der Waals surface area contributed by atoms with E-state index in [1.165, 1.54) is 58.4 Å². The molecular formula is C40H22O2S. The lowest BCUT2D eigenvalue weighted by Crippen LogP contribution is -1.90. The van der Waals surface area contributed by atoms with Crippen LogP contribution in [0.3, 0.4) is 0 Å². The van der Waals surface area contributed by atoms with Crippen LogP contribution in [-0.2, 0) is 0 Å². The van der Waals surface area contributed by atoms with E-state index in [2.05, 4.69) is 109 Å². The maximum absolute atomic E-state index is 6.30. The Labute approximate surface area is 250 Å². The van der Waals surface area contributed by atoms with Gasteiger partial charge in [0.1, 0.15) is 16.7 Å². The molecule has 0 aliphatic heterocycles. The van der Waals surface area contributed by atoms with Crippen molar-refractivity contribution in [2.24, 2.45) is 0 Å². The molecule has 0 saturated carbocycles. The van der Waals surface area contributed by atoms with Crippen LogP contribution in [0.15, 0.2) is 142 Å². The molecule has 0 bridgehead atoms. The molecule has 3 aromatic heterocycles. The van der Waals surface area contributed by atoms with Gasteiger partial charge in [0.15, 0.2) is 0 Å². The maximum atomic E-state index is 6.30. The Hall–Kier alpha value is -5.38. The standard InChI is InChI=1S/C40H22O2S/c1-3-13-26-24(11-1)38(29-16-9-19-37-40(29)28-15-6-8-18-36(28)43-37)25-12-2-4-14-27(25)39(26)32-22-41-34-20-30-23-10-5-7-17-33(23)42-35(30)21-31(32)34/h1-22H. The highest BCUT2D eigenvalue weighted by molar-refractivity contribution is 7.25. The second kappa shape index (κ2) is 8.57. The molecule has 0 N–H and O–H groups in total. The van der Waals surface area contributed by atoms with Gasteiger partial charge in [-0.15, -0.1) is 11.3 Å². The third-order valence-corrected chi connectivity index (χ3v) is 10.1. The predicted octanol–water partition coefficient (Wildman–Crippen LogP) is 12.3. The number of para-hydroxylation sites is 1. The second-order valence-corrected chi connectivity index (χ2v) is 12.3. The fraction of sp³-hybridized carbons (Fsp3) is 0. The van der Waals surface area contributed by atoms with Crippen LogP contribution in [0.5, 0.6) is 0 Å². The number of furan rings is 2. The van der Waals surface area contributed by atoms with Gasteiger partial charge in [-0.05, 0) is 63.0 Å². The lowest BCUT2D eigenvalue weighted by atomic mass is 9.85. The fourth-order valence-corrected chi connectivity index (χ4v) is 8.26. The predicted molar refractivity (Wildman–Crippen MR) is 182 cm³/mol. The van der Waals surface area contributed by atoms with Gasteiger partial charge in [0.2, 0.25) is 0 Å². The van der Waals surface area contributed by atoms with Gasteiger partial charge in [-0.1, -0.05) is 97.1 Å². The number of rotatable bonds is 2. The van der Waals surface area contributed by atoms with Gasteiger partial charge < -0.3 is 8.83 Å². The summed E-state index contributed by atoms with van der Waals surface area (Å²) in [7, 11) is 0. The van der Waals surface area contributed by atoms with E-state index in [0.29, 0.717) is 0 Å². The normalized spacial score (nSPS) is 12.2. The van der Waals surface area contributed by atoms with Crippen molar-refractivity contribution in [3.8, 4) is 22.3 Å². The Bertz CT molecular complexity index is 2680. The zero-order chi connectivity index (χ0) is 28.1. The van der Waals surface area contributed by atoms with Gasteiger partial charge in [-0.2, -0.15) is 0 Å². The van der Waals surface area contributed by atoms with E-state index in [4.69, 9.17) is 8.83 Å². The van der Waals surface area contributed by atoms with E-state index in [9.17, 15) is 0 Å². The summed E-state index contributed by atoms with van der Waals surface area (Å²) >= 11 is 1.86.